The molecule has 0 amide bonds. The lowest BCUT2D eigenvalue weighted by Gasteiger charge is -2.41. The molecule has 0 N–H and O–H groups in total. The summed E-state index contributed by atoms with van der Waals surface area (Å²) in [6.45, 7) is 2.32. The van der Waals surface area contributed by atoms with Crippen molar-refractivity contribution in [3.63, 3.8) is 0 Å². The average Bonchev–Trinajstić information content (AvgIpc) is 2.90. The molecule has 0 aliphatic carbocycles. The summed E-state index contributed by atoms with van der Waals surface area (Å²) in [5.41, 5.74) is 5.64. The van der Waals surface area contributed by atoms with Gasteiger partial charge >= 0.3 is 0 Å². The molecule has 1 heterocycles. The first-order chi connectivity index (χ1) is 16.5. The van der Waals surface area contributed by atoms with Crippen LogP contribution >= 0.6 is 0 Å². The van der Waals surface area contributed by atoms with E-state index in [4.69, 9.17) is 10.00 Å². The molecule has 172 valence electrons. The lowest BCUT2D eigenvalue weighted by Crippen LogP contribution is -2.43. The maximum Gasteiger partial charge on any atom is 0.115 e. The average molecular weight is 454 g/mol. The molecule has 1 fully saturated rings. The summed E-state index contributed by atoms with van der Waals surface area (Å²) in [6.07, 6.45) is 1.92. The van der Waals surface area contributed by atoms with Crippen molar-refractivity contribution >= 4 is 0 Å². The molecule has 4 nitrogen and oxygen atoms in total. The molecule has 5 heteroatoms. The zero-order valence-electron chi connectivity index (χ0n) is 19.4. The Labute approximate surface area is 200 Å². The molecule has 0 radical (unpaired) electrons. The van der Waals surface area contributed by atoms with Crippen molar-refractivity contribution in [2.75, 3.05) is 26.7 Å². The lowest BCUT2D eigenvalue weighted by molar-refractivity contribution is 0.0407. The Morgan fingerprint density at radius 3 is 2.26 bits per heavy atom. The SMILES string of the molecule is CN1CCC(COCc2cc(CF)cc(-c3ccc(C#N)cc3)c2)(c2cccc(C#N)c2)CC1. The number of halogens is 1. The van der Waals surface area contributed by atoms with Crippen molar-refractivity contribution in [3.8, 4) is 23.3 Å². The Balaban J connectivity index is 1.54. The smallest absolute Gasteiger partial charge is 0.115 e. The number of alkyl halides is 1. The number of hydrogen-bond acceptors (Lipinski definition) is 4. The topological polar surface area (TPSA) is 60.0 Å². The van der Waals surface area contributed by atoms with Crippen molar-refractivity contribution in [2.45, 2.75) is 31.5 Å². The highest BCUT2D eigenvalue weighted by atomic mass is 19.1. The van der Waals surface area contributed by atoms with Crippen LogP contribution in [-0.2, 0) is 23.4 Å². The van der Waals surface area contributed by atoms with Crippen molar-refractivity contribution in [1.82, 2.24) is 4.90 Å². The van der Waals surface area contributed by atoms with Crippen LogP contribution in [0.3, 0.4) is 0 Å². The third-order valence-electron chi connectivity index (χ3n) is 6.75. The van der Waals surface area contributed by atoms with E-state index in [0.29, 0.717) is 29.9 Å². The first-order valence-corrected chi connectivity index (χ1v) is 11.5. The van der Waals surface area contributed by atoms with Gasteiger partial charge in [0, 0.05) is 5.41 Å². The molecule has 0 bridgehead atoms. The first-order valence-electron chi connectivity index (χ1n) is 11.5. The largest absolute Gasteiger partial charge is 0.376 e. The van der Waals surface area contributed by atoms with Crippen LogP contribution in [0.5, 0.6) is 0 Å². The number of benzene rings is 3. The van der Waals surface area contributed by atoms with Crippen LogP contribution < -0.4 is 0 Å². The number of nitriles is 2. The van der Waals surface area contributed by atoms with E-state index in [1.54, 1.807) is 12.1 Å². The van der Waals surface area contributed by atoms with Gasteiger partial charge in [0.1, 0.15) is 6.67 Å². The van der Waals surface area contributed by atoms with Gasteiger partial charge in [-0.3, -0.25) is 0 Å². The normalized spacial score (nSPS) is 15.4. The molecule has 34 heavy (non-hydrogen) atoms. The molecule has 4 rings (SSSR count). The van der Waals surface area contributed by atoms with Crippen LogP contribution in [0.15, 0.2) is 66.7 Å². The third kappa shape index (κ3) is 5.34. The molecule has 1 aliphatic heterocycles. The van der Waals surface area contributed by atoms with Crippen LogP contribution in [0, 0.1) is 22.7 Å². The molecule has 1 saturated heterocycles. The Morgan fingerprint density at radius 1 is 0.882 bits per heavy atom. The van der Waals surface area contributed by atoms with E-state index in [-0.39, 0.29) is 5.41 Å². The van der Waals surface area contributed by atoms with Crippen LogP contribution in [0.25, 0.3) is 11.1 Å². The van der Waals surface area contributed by atoms with Crippen molar-refractivity contribution in [2.24, 2.45) is 0 Å². The van der Waals surface area contributed by atoms with E-state index in [1.165, 1.54) is 0 Å². The van der Waals surface area contributed by atoms with Gasteiger partial charge in [-0.25, -0.2) is 4.39 Å². The highest BCUT2D eigenvalue weighted by Gasteiger charge is 2.36. The van der Waals surface area contributed by atoms with Gasteiger partial charge in [0.2, 0.25) is 0 Å². The quantitative estimate of drug-likeness (QED) is 0.457. The Hall–Kier alpha value is -3.51. The Morgan fingerprint density at radius 2 is 1.59 bits per heavy atom. The molecule has 0 atom stereocenters. The molecule has 0 aromatic heterocycles. The van der Waals surface area contributed by atoms with Gasteiger partial charge in [0.25, 0.3) is 0 Å². The van der Waals surface area contributed by atoms with E-state index < -0.39 is 6.67 Å². The lowest BCUT2D eigenvalue weighted by atomic mass is 9.73. The number of piperidine rings is 1. The maximum absolute atomic E-state index is 13.6. The van der Waals surface area contributed by atoms with E-state index in [9.17, 15) is 9.65 Å². The molecule has 0 spiro atoms. The van der Waals surface area contributed by atoms with E-state index in [1.807, 2.05) is 48.5 Å². The Bertz CT molecular complexity index is 1220. The number of hydrogen-bond donors (Lipinski definition) is 0. The van der Waals surface area contributed by atoms with Crippen molar-refractivity contribution in [1.29, 1.82) is 10.5 Å². The summed E-state index contributed by atoms with van der Waals surface area (Å²) >= 11 is 0. The molecule has 0 saturated carbocycles. The summed E-state index contributed by atoms with van der Waals surface area (Å²) in [5.74, 6) is 0. The predicted octanol–water partition coefficient (Wildman–Crippen LogP) is 5.75. The molecular formula is C29H28FN3O. The Kier molecular flexibility index (Phi) is 7.38. The predicted molar refractivity (Wildman–Crippen MR) is 131 cm³/mol. The number of nitrogens with zero attached hydrogens (tertiary/aromatic N) is 3. The highest BCUT2D eigenvalue weighted by Crippen LogP contribution is 2.36. The molecule has 3 aromatic rings. The van der Waals surface area contributed by atoms with Gasteiger partial charge in [-0.15, -0.1) is 0 Å². The fourth-order valence-corrected chi connectivity index (χ4v) is 4.67. The first kappa shape index (κ1) is 23.6. The summed E-state index contributed by atoms with van der Waals surface area (Å²) in [4.78, 5) is 2.32. The second kappa shape index (κ2) is 10.6. The number of ether oxygens (including phenoxy) is 1. The third-order valence-corrected chi connectivity index (χ3v) is 6.75. The molecular weight excluding hydrogens is 425 g/mol. The highest BCUT2D eigenvalue weighted by molar-refractivity contribution is 5.66. The molecule has 3 aromatic carbocycles. The van der Waals surface area contributed by atoms with Gasteiger partial charge in [-0.1, -0.05) is 30.3 Å². The van der Waals surface area contributed by atoms with Gasteiger partial charge in [-0.05, 0) is 97.2 Å². The van der Waals surface area contributed by atoms with E-state index >= 15 is 0 Å². The zero-order chi connectivity index (χ0) is 24.0. The van der Waals surface area contributed by atoms with Gasteiger partial charge in [-0.2, -0.15) is 10.5 Å². The second-order valence-electron chi connectivity index (χ2n) is 9.13. The summed E-state index contributed by atoms with van der Waals surface area (Å²) < 4.78 is 19.9. The van der Waals surface area contributed by atoms with Crippen molar-refractivity contribution in [3.05, 3.63) is 94.5 Å². The number of rotatable bonds is 7. The number of likely N-dealkylation sites (tertiary alicyclic amines) is 1. The van der Waals surface area contributed by atoms with Crippen molar-refractivity contribution < 1.29 is 9.13 Å². The summed E-state index contributed by atoms with van der Waals surface area (Å²) in [5, 5.41) is 18.4. The van der Waals surface area contributed by atoms with Gasteiger partial charge in [0.15, 0.2) is 0 Å². The second-order valence-corrected chi connectivity index (χ2v) is 9.13. The summed E-state index contributed by atoms with van der Waals surface area (Å²) in [6, 6.07) is 25.3. The molecule has 0 unspecified atom stereocenters. The summed E-state index contributed by atoms with van der Waals surface area (Å²) in [7, 11) is 2.13. The maximum atomic E-state index is 13.6. The van der Waals surface area contributed by atoms with Gasteiger partial charge in [0.05, 0.1) is 36.5 Å². The fourth-order valence-electron chi connectivity index (χ4n) is 4.67. The minimum absolute atomic E-state index is 0.146. The van der Waals surface area contributed by atoms with Crippen LogP contribution in [0.1, 0.15) is 40.7 Å². The monoisotopic (exact) mass is 453 g/mol. The van der Waals surface area contributed by atoms with E-state index in [0.717, 1.165) is 48.2 Å². The standard InChI is InChI=1S/C29H28FN3O/c1-33-11-9-29(10-12-33,28-4-2-3-23(16-28)19-32)21-34-20-25-13-24(17-30)14-27(15-25)26-7-5-22(18-31)6-8-26/h2-8,13-16H,9-12,17,20-21H2,1H3. The van der Waals surface area contributed by atoms with Gasteiger partial charge < -0.3 is 9.64 Å². The fraction of sp³-hybridized carbons (Fsp3) is 0.310. The van der Waals surface area contributed by atoms with Crippen LogP contribution in [0.2, 0.25) is 0 Å². The minimum atomic E-state index is -0.547. The molecule has 1 aliphatic rings. The minimum Gasteiger partial charge on any atom is -0.376 e. The van der Waals surface area contributed by atoms with Crippen LogP contribution in [-0.4, -0.2) is 31.6 Å². The van der Waals surface area contributed by atoms with E-state index in [2.05, 4.69) is 30.2 Å². The zero-order valence-corrected chi connectivity index (χ0v) is 19.4. The van der Waals surface area contributed by atoms with Crippen LogP contribution in [0.4, 0.5) is 4.39 Å².